The van der Waals surface area contributed by atoms with E-state index in [0.29, 0.717) is 26.4 Å². The number of nitrogens with one attached hydrogen (secondary N) is 1. The Labute approximate surface area is 164 Å². The Kier molecular flexibility index (Phi) is 5.83. The zero-order valence-electron chi connectivity index (χ0n) is 14.2. The third-order valence-corrected chi connectivity index (χ3v) is 4.67. The molecule has 0 aliphatic carbocycles. The summed E-state index contributed by atoms with van der Waals surface area (Å²) >= 11 is 7.20. The fraction of sp³-hybridized carbons (Fsp3) is 0.105. The average molecular weight is 403 g/mol. The van der Waals surface area contributed by atoms with E-state index in [1.807, 2.05) is 31.2 Å². The van der Waals surface area contributed by atoms with Gasteiger partial charge in [0.2, 0.25) is 0 Å². The number of amides is 1. The van der Waals surface area contributed by atoms with Gasteiger partial charge in [0, 0.05) is 10.6 Å². The van der Waals surface area contributed by atoms with Gasteiger partial charge in [-0.1, -0.05) is 29.3 Å². The molecule has 6 nitrogen and oxygen atoms in total. The zero-order chi connectivity index (χ0) is 19.4. The number of hydrogen-bond acceptors (Lipinski definition) is 5. The minimum absolute atomic E-state index is 0.296. The van der Waals surface area contributed by atoms with Gasteiger partial charge in [-0.15, -0.1) is 0 Å². The lowest BCUT2D eigenvalue weighted by atomic mass is 10.2. The molecule has 1 aliphatic rings. The molecule has 8 heteroatoms. The number of ether oxygens (including phenoxy) is 1. The Morgan fingerprint density at radius 3 is 2.74 bits per heavy atom. The number of carboxylic acids is 1. The first-order valence-electron chi connectivity index (χ1n) is 7.91. The van der Waals surface area contributed by atoms with Gasteiger partial charge < -0.3 is 15.2 Å². The number of carboxylic acid groups (broad SMARTS) is 1. The van der Waals surface area contributed by atoms with Gasteiger partial charge in [0.05, 0.1) is 10.6 Å². The van der Waals surface area contributed by atoms with E-state index in [2.05, 4.69) is 10.3 Å². The van der Waals surface area contributed by atoms with E-state index >= 15 is 0 Å². The van der Waals surface area contributed by atoms with Crippen LogP contribution >= 0.6 is 23.4 Å². The van der Waals surface area contributed by atoms with Crippen LogP contribution in [0, 0.1) is 6.92 Å². The fourth-order valence-corrected chi connectivity index (χ4v) is 3.27. The minimum Gasteiger partial charge on any atom is -0.481 e. The average Bonchev–Trinajstić information content (AvgIpc) is 2.95. The van der Waals surface area contributed by atoms with Crippen LogP contribution in [0.3, 0.4) is 0 Å². The lowest BCUT2D eigenvalue weighted by Crippen LogP contribution is -2.19. The van der Waals surface area contributed by atoms with Crippen LogP contribution in [-0.4, -0.2) is 28.8 Å². The largest absolute Gasteiger partial charge is 0.481 e. The molecule has 2 aromatic rings. The quantitative estimate of drug-likeness (QED) is 0.738. The van der Waals surface area contributed by atoms with Crippen molar-refractivity contribution < 1.29 is 19.4 Å². The molecule has 1 amide bonds. The second-order valence-electron chi connectivity index (χ2n) is 5.68. The monoisotopic (exact) mass is 402 g/mol. The summed E-state index contributed by atoms with van der Waals surface area (Å²) in [5.74, 6) is -1.06. The second kappa shape index (κ2) is 8.28. The van der Waals surface area contributed by atoms with E-state index in [-0.39, 0.29) is 5.91 Å². The summed E-state index contributed by atoms with van der Waals surface area (Å²) in [6.07, 6.45) is 1.60. The minimum atomic E-state index is -1.09. The predicted octanol–water partition coefficient (Wildman–Crippen LogP) is 4.00. The Bertz CT molecular complexity index is 955. The molecule has 138 valence electrons. The van der Waals surface area contributed by atoms with Crippen molar-refractivity contribution in [1.82, 2.24) is 5.32 Å². The number of carbonyl (C=O) groups is 2. The molecule has 0 radical (unpaired) electrons. The first-order chi connectivity index (χ1) is 12.9. The van der Waals surface area contributed by atoms with Crippen LogP contribution in [0.5, 0.6) is 5.75 Å². The Morgan fingerprint density at radius 1 is 1.30 bits per heavy atom. The summed E-state index contributed by atoms with van der Waals surface area (Å²) < 4.78 is 5.26. The molecule has 27 heavy (non-hydrogen) atoms. The number of rotatable bonds is 5. The van der Waals surface area contributed by atoms with Crippen LogP contribution in [-0.2, 0) is 9.59 Å². The Hall–Kier alpha value is -2.77. The van der Waals surface area contributed by atoms with E-state index in [0.717, 1.165) is 11.3 Å². The maximum absolute atomic E-state index is 12.2. The van der Waals surface area contributed by atoms with Crippen molar-refractivity contribution in [1.29, 1.82) is 0 Å². The predicted molar refractivity (Wildman–Crippen MR) is 107 cm³/mol. The molecule has 3 rings (SSSR count). The first-order valence-corrected chi connectivity index (χ1v) is 9.10. The SMILES string of the molecule is Cc1ccc(N=C2NC(=O)/C(=C/c3cc(Cl)ccc3OCC(=O)O)S2)cc1. The van der Waals surface area contributed by atoms with Crippen molar-refractivity contribution >= 4 is 52.2 Å². The van der Waals surface area contributed by atoms with Gasteiger partial charge in [-0.2, -0.15) is 0 Å². The Morgan fingerprint density at radius 2 is 2.04 bits per heavy atom. The van der Waals surface area contributed by atoms with E-state index in [4.69, 9.17) is 21.4 Å². The van der Waals surface area contributed by atoms with Crippen molar-refractivity contribution in [2.75, 3.05) is 6.61 Å². The van der Waals surface area contributed by atoms with Gasteiger partial charge >= 0.3 is 5.97 Å². The van der Waals surface area contributed by atoms with Gasteiger partial charge in [-0.25, -0.2) is 9.79 Å². The Balaban J connectivity index is 1.85. The van der Waals surface area contributed by atoms with Gasteiger partial charge in [0.25, 0.3) is 5.91 Å². The number of aliphatic imine (C=N–C) groups is 1. The van der Waals surface area contributed by atoms with Crippen molar-refractivity contribution in [2.45, 2.75) is 6.92 Å². The lowest BCUT2D eigenvalue weighted by molar-refractivity contribution is -0.139. The molecule has 0 bridgehead atoms. The molecule has 0 spiro atoms. The standard InChI is InChI=1S/C19H15ClN2O4S/c1-11-2-5-14(6-3-11)21-19-22-18(25)16(27-19)9-12-8-13(20)4-7-15(12)26-10-17(23)24/h2-9H,10H2,1H3,(H,23,24)(H,21,22,25)/b16-9-. The number of halogens is 1. The van der Waals surface area contributed by atoms with Crippen LogP contribution in [0.4, 0.5) is 5.69 Å². The molecule has 0 saturated carbocycles. The van der Waals surface area contributed by atoms with Gasteiger partial charge in [-0.3, -0.25) is 4.79 Å². The summed E-state index contributed by atoms with van der Waals surface area (Å²) in [5.41, 5.74) is 2.37. The summed E-state index contributed by atoms with van der Waals surface area (Å²) in [5, 5.41) is 12.4. The van der Waals surface area contributed by atoms with Crippen LogP contribution in [0.25, 0.3) is 6.08 Å². The highest BCUT2D eigenvalue weighted by atomic mass is 35.5. The van der Waals surface area contributed by atoms with E-state index in [9.17, 15) is 9.59 Å². The van der Waals surface area contributed by atoms with Crippen molar-refractivity contribution in [3.05, 3.63) is 63.5 Å². The molecule has 0 unspecified atom stereocenters. The van der Waals surface area contributed by atoms with Crippen molar-refractivity contribution in [2.24, 2.45) is 4.99 Å². The molecule has 1 heterocycles. The molecular formula is C19H15ClN2O4S. The third-order valence-electron chi connectivity index (χ3n) is 3.53. The van der Waals surface area contributed by atoms with E-state index in [1.54, 1.807) is 24.3 Å². The number of carbonyl (C=O) groups excluding carboxylic acids is 1. The van der Waals surface area contributed by atoms with Crippen molar-refractivity contribution in [3.63, 3.8) is 0 Å². The van der Waals surface area contributed by atoms with E-state index in [1.165, 1.54) is 11.8 Å². The number of nitrogens with zero attached hydrogens (tertiary/aromatic N) is 1. The number of aryl methyl sites for hydroxylation is 1. The third kappa shape index (κ3) is 5.12. The van der Waals surface area contributed by atoms with Crippen LogP contribution in [0.15, 0.2) is 52.4 Å². The molecule has 1 fully saturated rings. The summed E-state index contributed by atoms with van der Waals surface area (Å²) in [4.78, 5) is 27.8. The van der Waals surface area contributed by atoms with Crippen molar-refractivity contribution in [3.8, 4) is 5.75 Å². The normalized spacial score (nSPS) is 16.6. The maximum Gasteiger partial charge on any atom is 0.341 e. The van der Waals surface area contributed by atoms with Gasteiger partial charge in [0.15, 0.2) is 11.8 Å². The highest BCUT2D eigenvalue weighted by molar-refractivity contribution is 8.18. The molecule has 0 aromatic heterocycles. The summed E-state index contributed by atoms with van der Waals surface area (Å²) in [7, 11) is 0. The summed E-state index contributed by atoms with van der Waals surface area (Å²) in [6.45, 7) is 1.50. The molecule has 2 N–H and O–H groups in total. The zero-order valence-corrected chi connectivity index (χ0v) is 15.8. The second-order valence-corrected chi connectivity index (χ2v) is 7.15. The summed E-state index contributed by atoms with van der Waals surface area (Å²) in [6, 6.07) is 12.4. The fourth-order valence-electron chi connectivity index (χ4n) is 2.26. The van der Waals surface area contributed by atoms with Crippen LogP contribution < -0.4 is 10.1 Å². The van der Waals surface area contributed by atoms with E-state index < -0.39 is 12.6 Å². The highest BCUT2D eigenvalue weighted by Crippen LogP contribution is 2.32. The first kappa shape index (κ1) is 19.0. The number of hydrogen-bond donors (Lipinski definition) is 2. The molecule has 0 atom stereocenters. The van der Waals surface area contributed by atoms with Gasteiger partial charge in [0.1, 0.15) is 5.75 Å². The number of amidine groups is 1. The highest BCUT2D eigenvalue weighted by Gasteiger charge is 2.24. The maximum atomic E-state index is 12.2. The molecule has 1 aliphatic heterocycles. The number of aliphatic carboxylic acids is 1. The molecule has 1 saturated heterocycles. The van der Waals surface area contributed by atoms with Crippen LogP contribution in [0.1, 0.15) is 11.1 Å². The van der Waals surface area contributed by atoms with Crippen LogP contribution in [0.2, 0.25) is 5.02 Å². The topological polar surface area (TPSA) is 88.0 Å². The molecular weight excluding hydrogens is 388 g/mol. The number of benzene rings is 2. The van der Waals surface area contributed by atoms with Gasteiger partial charge in [-0.05, 0) is 55.1 Å². The lowest BCUT2D eigenvalue weighted by Gasteiger charge is -2.08. The number of thioether (sulfide) groups is 1. The smallest absolute Gasteiger partial charge is 0.341 e. The molecule has 2 aromatic carbocycles.